The fourth-order valence-electron chi connectivity index (χ4n) is 2.51. The average Bonchev–Trinajstić information content (AvgIpc) is 2.66. The zero-order valence-electron chi connectivity index (χ0n) is 15.9. The maximum atomic E-state index is 13.8. The molecule has 2 aromatic rings. The molecule has 0 N–H and O–H groups in total. The third kappa shape index (κ3) is 5.31. The summed E-state index contributed by atoms with van der Waals surface area (Å²) in [6.07, 6.45) is 2.32. The lowest BCUT2D eigenvalue weighted by atomic mass is 10.0. The molecule has 0 heterocycles. The van der Waals surface area contributed by atoms with Crippen molar-refractivity contribution in [2.24, 2.45) is 0 Å². The lowest BCUT2D eigenvalue weighted by Gasteiger charge is -2.19. The summed E-state index contributed by atoms with van der Waals surface area (Å²) in [6, 6.07) is 5.22. The van der Waals surface area contributed by atoms with Crippen LogP contribution in [0.1, 0.15) is 40.0 Å². The molecule has 0 amide bonds. The van der Waals surface area contributed by atoms with Gasteiger partial charge in [0.1, 0.15) is 17.2 Å². The molecule has 148 valence electrons. The molecule has 0 saturated heterocycles. The molecule has 0 radical (unpaired) electrons. The fraction of sp³-hybridized carbons (Fsp3) is 0.429. The van der Waals surface area contributed by atoms with Gasteiger partial charge in [-0.1, -0.05) is 20.8 Å². The van der Waals surface area contributed by atoms with Gasteiger partial charge < -0.3 is 14.2 Å². The summed E-state index contributed by atoms with van der Waals surface area (Å²) in [7, 11) is 0. The third-order valence-electron chi connectivity index (χ3n) is 3.71. The first-order valence-corrected chi connectivity index (χ1v) is 9.23. The Balaban J connectivity index is 2.62. The molecule has 0 spiro atoms. The summed E-state index contributed by atoms with van der Waals surface area (Å²) >= 11 is 0. The maximum absolute atomic E-state index is 13.8. The zero-order chi connectivity index (χ0) is 19.8. The minimum Gasteiger partial charge on any atom is -0.493 e. The first-order chi connectivity index (χ1) is 13.0. The third-order valence-corrected chi connectivity index (χ3v) is 3.71. The Morgan fingerprint density at radius 1 is 0.667 bits per heavy atom. The van der Waals surface area contributed by atoms with Crippen molar-refractivity contribution in [3.8, 4) is 28.4 Å². The van der Waals surface area contributed by atoms with Gasteiger partial charge in [-0.2, -0.15) is 0 Å². The van der Waals surface area contributed by atoms with Gasteiger partial charge in [-0.15, -0.1) is 0 Å². The van der Waals surface area contributed by atoms with Crippen molar-refractivity contribution in [2.75, 3.05) is 19.8 Å². The van der Waals surface area contributed by atoms with Crippen molar-refractivity contribution in [1.82, 2.24) is 0 Å². The normalized spacial score (nSPS) is 10.7. The van der Waals surface area contributed by atoms with E-state index in [-0.39, 0.29) is 5.56 Å². The number of ether oxygens (including phenoxy) is 3. The van der Waals surface area contributed by atoms with E-state index in [4.69, 9.17) is 14.2 Å². The molecule has 3 nitrogen and oxygen atoms in total. The van der Waals surface area contributed by atoms with Crippen molar-refractivity contribution in [2.45, 2.75) is 40.0 Å². The highest BCUT2D eigenvalue weighted by molar-refractivity contribution is 5.78. The molecule has 0 unspecified atom stereocenters. The van der Waals surface area contributed by atoms with E-state index in [0.29, 0.717) is 42.6 Å². The summed E-state index contributed by atoms with van der Waals surface area (Å²) < 4.78 is 58.3. The van der Waals surface area contributed by atoms with Gasteiger partial charge in [0.25, 0.3) is 0 Å². The van der Waals surface area contributed by atoms with Gasteiger partial charge >= 0.3 is 0 Å². The van der Waals surface area contributed by atoms with Gasteiger partial charge in [0, 0.05) is 12.1 Å². The molecule has 2 rings (SSSR count). The molecule has 0 saturated carbocycles. The summed E-state index contributed by atoms with van der Waals surface area (Å²) in [5.41, 5.74) is 0.518. The summed E-state index contributed by atoms with van der Waals surface area (Å²) in [5.74, 6) is -2.74. The first-order valence-electron chi connectivity index (χ1n) is 9.23. The topological polar surface area (TPSA) is 27.7 Å². The molecular weight excluding hydrogens is 357 g/mol. The Kier molecular flexibility index (Phi) is 7.82. The van der Waals surface area contributed by atoms with Gasteiger partial charge in [-0.25, -0.2) is 13.2 Å². The second-order valence-electron chi connectivity index (χ2n) is 6.09. The molecule has 6 heteroatoms. The van der Waals surface area contributed by atoms with Crippen LogP contribution in [0.3, 0.4) is 0 Å². The Morgan fingerprint density at radius 3 is 1.56 bits per heavy atom. The van der Waals surface area contributed by atoms with E-state index in [2.05, 4.69) is 0 Å². The van der Waals surface area contributed by atoms with Crippen LogP contribution >= 0.6 is 0 Å². The molecule has 0 atom stereocenters. The van der Waals surface area contributed by atoms with Crippen LogP contribution in [0.5, 0.6) is 17.2 Å². The van der Waals surface area contributed by atoms with Gasteiger partial charge in [0.2, 0.25) is 0 Å². The van der Waals surface area contributed by atoms with E-state index in [1.165, 1.54) is 0 Å². The van der Waals surface area contributed by atoms with Crippen molar-refractivity contribution in [3.63, 3.8) is 0 Å². The molecule has 0 aromatic heterocycles. The van der Waals surface area contributed by atoms with Crippen LogP contribution < -0.4 is 14.2 Å². The second kappa shape index (κ2) is 10.1. The van der Waals surface area contributed by atoms with Crippen molar-refractivity contribution < 1.29 is 27.4 Å². The first kappa shape index (κ1) is 20.9. The van der Waals surface area contributed by atoms with E-state index in [1.807, 2.05) is 20.8 Å². The minimum absolute atomic E-state index is 0.144. The van der Waals surface area contributed by atoms with Crippen LogP contribution in [0.2, 0.25) is 0 Å². The Hall–Kier alpha value is -2.37. The van der Waals surface area contributed by atoms with Crippen molar-refractivity contribution in [3.05, 3.63) is 41.7 Å². The second-order valence-corrected chi connectivity index (χ2v) is 6.09. The monoisotopic (exact) mass is 382 g/mol. The van der Waals surface area contributed by atoms with Gasteiger partial charge in [-0.3, -0.25) is 0 Å². The van der Waals surface area contributed by atoms with Gasteiger partial charge in [-0.05, 0) is 37.0 Å². The number of rotatable bonds is 10. The lowest BCUT2D eigenvalue weighted by molar-refractivity contribution is 0.288. The predicted octanol–water partition coefficient (Wildman–Crippen LogP) is 6.14. The Labute approximate surface area is 158 Å². The average molecular weight is 382 g/mol. The molecule has 0 bridgehead atoms. The Morgan fingerprint density at radius 2 is 1.11 bits per heavy atom. The van der Waals surface area contributed by atoms with Crippen LogP contribution in [-0.4, -0.2) is 19.8 Å². The number of benzene rings is 2. The van der Waals surface area contributed by atoms with E-state index in [0.717, 1.165) is 31.4 Å². The quantitative estimate of drug-likeness (QED) is 0.462. The van der Waals surface area contributed by atoms with Crippen molar-refractivity contribution >= 4 is 0 Å². The standard InChI is InChI=1S/C21H25F3O3/c1-4-7-25-15-12-18(26-8-5-2)20(19(13-15)27-9-6-3)14-10-16(22)21(24)17(23)11-14/h10-13H,4-9H2,1-3H3. The predicted molar refractivity (Wildman–Crippen MR) is 99.1 cm³/mol. The van der Waals surface area contributed by atoms with Crippen LogP contribution in [0.4, 0.5) is 13.2 Å². The minimum atomic E-state index is -1.51. The molecule has 0 fully saturated rings. The number of hydrogen-bond acceptors (Lipinski definition) is 3. The lowest BCUT2D eigenvalue weighted by Crippen LogP contribution is -2.04. The summed E-state index contributed by atoms with van der Waals surface area (Å²) in [5, 5.41) is 0. The number of hydrogen-bond donors (Lipinski definition) is 0. The highest BCUT2D eigenvalue weighted by Gasteiger charge is 2.20. The molecule has 27 heavy (non-hydrogen) atoms. The molecule has 0 aliphatic rings. The summed E-state index contributed by atoms with van der Waals surface area (Å²) in [4.78, 5) is 0. The molecule has 0 aliphatic heterocycles. The van der Waals surface area contributed by atoms with Gasteiger partial charge in [0.15, 0.2) is 17.5 Å². The van der Waals surface area contributed by atoms with Crippen LogP contribution in [0.15, 0.2) is 24.3 Å². The van der Waals surface area contributed by atoms with Gasteiger partial charge in [0.05, 0.1) is 25.4 Å². The van der Waals surface area contributed by atoms with Crippen molar-refractivity contribution in [1.29, 1.82) is 0 Å². The van der Waals surface area contributed by atoms with E-state index in [9.17, 15) is 13.2 Å². The van der Waals surface area contributed by atoms with E-state index in [1.54, 1.807) is 12.1 Å². The SMILES string of the molecule is CCCOc1cc(OCCC)c(-c2cc(F)c(F)c(F)c2)c(OCCC)c1. The van der Waals surface area contributed by atoms with Crippen LogP contribution in [0, 0.1) is 17.5 Å². The smallest absolute Gasteiger partial charge is 0.194 e. The highest BCUT2D eigenvalue weighted by atomic mass is 19.2. The largest absolute Gasteiger partial charge is 0.493 e. The summed E-state index contributed by atoms with van der Waals surface area (Å²) in [6.45, 7) is 7.21. The Bertz CT molecular complexity index is 710. The van der Waals surface area contributed by atoms with E-state index >= 15 is 0 Å². The zero-order valence-corrected chi connectivity index (χ0v) is 15.9. The highest BCUT2D eigenvalue weighted by Crippen LogP contribution is 2.43. The van der Waals surface area contributed by atoms with E-state index < -0.39 is 17.5 Å². The molecule has 0 aliphatic carbocycles. The van der Waals surface area contributed by atoms with Crippen LogP contribution in [-0.2, 0) is 0 Å². The fourth-order valence-corrected chi connectivity index (χ4v) is 2.51. The maximum Gasteiger partial charge on any atom is 0.194 e. The van der Waals surface area contributed by atoms with Crippen LogP contribution in [0.25, 0.3) is 11.1 Å². The number of halogens is 3. The molecular formula is C21H25F3O3. The molecule has 2 aromatic carbocycles.